The van der Waals surface area contributed by atoms with Gasteiger partial charge in [-0.25, -0.2) is 0 Å². The maximum absolute atomic E-state index is 3.54. The second kappa shape index (κ2) is 5.74. The van der Waals surface area contributed by atoms with Crippen LogP contribution in [0.5, 0.6) is 0 Å². The molecule has 1 fully saturated rings. The Labute approximate surface area is 103 Å². The topological polar surface area (TPSA) is 12.0 Å². The smallest absolute Gasteiger partial charge is 0.0106 e. The lowest BCUT2D eigenvalue weighted by Gasteiger charge is -2.07. The number of rotatable bonds is 6. The van der Waals surface area contributed by atoms with Crippen LogP contribution in [0.15, 0.2) is 29.2 Å². The molecule has 0 spiro atoms. The standard InChI is InChI=1S/C14H21NS/c1-11(2)12-3-7-14(8-4-12)16-10-9-15-13-5-6-13/h3-4,7-8,11,13,15H,5-6,9-10H2,1-2H3. The second-order valence-corrected chi connectivity index (χ2v) is 5.97. The first-order valence-corrected chi connectivity index (χ1v) is 7.20. The van der Waals surface area contributed by atoms with Gasteiger partial charge in [0.2, 0.25) is 0 Å². The fourth-order valence-electron chi connectivity index (χ4n) is 1.67. The molecule has 2 rings (SSSR count). The van der Waals surface area contributed by atoms with Gasteiger partial charge in [0.15, 0.2) is 0 Å². The fraction of sp³-hybridized carbons (Fsp3) is 0.571. The Kier molecular flexibility index (Phi) is 4.30. The van der Waals surface area contributed by atoms with E-state index in [4.69, 9.17) is 0 Å². The number of thioether (sulfide) groups is 1. The Morgan fingerprint density at radius 1 is 1.25 bits per heavy atom. The lowest BCUT2D eigenvalue weighted by Crippen LogP contribution is -2.18. The zero-order chi connectivity index (χ0) is 11.4. The molecule has 0 aromatic heterocycles. The molecule has 16 heavy (non-hydrogen) atoms. The van der Waals surface area contributed by atoms with Gasteiger partial charge in [0, 0.05) is 23.2 Å². The van der Waals surface area contributed by atoms with Gasteiger partial charge in [0.1, 0.15) is 0 Å². The van der Waals surface area contributed by atoms with Gasteiger partial charge in [-0.3, -0.25) is 0 Å². The molecule has 1 nitrogen and oxygen atoms in total. The van der Waals surface area contributed by atoms with E-state index >= 15 is 0 Å². The quantitative estimate of drug-likeness (QED) is 0.596. The van der Waals surface area contributed by atoms with E-state index in [0.717, 1.165) is 12.6 Å². The predicted octanol–water partition coefficient (Wildman–Crippen LogP) is 3.65. The number of benzene rings is 1. The molecule has 0 bridgehead atoms. The first kappa shape index (κ1) is 12.0. The molecule has 0 radical (unpaired) electrons. The highest BCUT2D eigenvalue weighted by molar-refractivity contribution is 7.99. The van der Waals surface area contributed by atoms with E-state index in [1.54, 1.807) is 0 Å². The molecule has 88 valence electrons. The van der Waals surface area contributed by atoms with Crippen molar-refractivity contribution in [2.24, 2.45) is 0 Å². The fourth-order valence-corrected chi connectivity index (χ4v) is 2.45. The predicted molar refractivity (Wildman–Crippen MR) is 72.3 cm³/mol. The zero-order valence-electron chi connectivity index (χ0n) is 10.2. The first-order chi connectivity index (χ1) is 7.75. The van der Waals surface area contributed by atoms with E-state index in [2.05, 4.69) is 43.4 Å². The zero-order valence-corrected chi connectivity index (χ0v) is 11.0. The molecule has 1 aromatic carbocycles. The van der Waals surface area contributed by atoms with Gasteiger partial charge in [0.05, 0.1) is 0 Å². The van der Waals surface area contributed by atoms with E-state index < -0.39 is 0 Å². The summed E-state index contributed by atoms with van der Waals surface area (Å²) < 4.78 is 0. The van der Waals surface area contributed by atoms with Crippen molar-refractivity contribution in [3.63, 3.8) is 0 Å². The normalized spacial score (nSPS) is 15.7. The van der Waals surface area contributed by atoms with Gasteiger partial charge in [0.25, 0.3) is 0 Å². The van der Waals surface area contributed by atoms with Crippen molar-refractivity contribution in [1.29, 1.82) is 0 Å². The van der Waals surface area contributed by atoms with Crippen LogP contribution in [0.1, 0.15) is 38.2 Å². The van der Waals surface area contributed by atoms with Crippen molar-refractivity contribution < 1.29 is 0 Å². The molecular weight excluding hydrogens is 214 g/mol. The van der Waals surface area contributed by atoms with Crippen LogP contribution < -0.4 is 5.32 Å². The number of hydrogen-bond donors (Lipinski definition) is 1. The third kappa shape index (κ3) is 3.84. The SMILES string of the molecule is CC(C)c1ccc(SCCNC2CC2)cc1. The summed E-state index contributed by atoms with van der Waals surface area (Å²) >= 11 is 1.95. The monoisotopic (exact) mass is 235 g/mol. The van der Waals surface area contributed by atoms with Crippen LogP contribution in [0, 0.1) is 0 Å². The highest BCUT2D eigenvalue weighted by Crippen LogP contribution is 2.22. The van der Waals surface area contributed by atoms with Gasteiger partial charge in [-0.15, -0.1) is 11.8 Å². The molecule has 1 aliphatic rings. The summed E-state index contributed by atoms with van der Waals surface area (Å²) in [7, 11) is 0. The average molecular weight is 235 g/mol. The molecule has 1 saturated carbocycles. The molecule has 0 aliphatic heterocycles. The summed E-state index contributed by atoms with van der Waals surface area (Å²) in [5, 5.41) is 3.54. The van der Waals surface area contributed by atoms with Gasteiger partial charge in [-0.05, 0) is 36.5 Å². The first-order valence-electron chi connectivity index (χ1n) is 6.22. The maximum atomic E-state index is 3.54. The lowest BCUT2D eigenvalue weighted by molar-refractivity contribution is 0.726. The summed E-state index contributed by atoms with van der Waals surface area (Å²) in [5.74, 6) is 1.81. The van der Waals surface area contributed by atoms with Gasteiger partial charge in [-0.1, -0.05) is 26.0 Å². The molecule has 1 N–H and O–H groups in total. The van der Waals surface area contributed by atoms with Crippen LogP contribution in [0.3, 0.4) is 0 Å². The molecule has 0 saturated heterocycles. The minimum atomic E-state index is 0.635. The number of nitrogens with one attached hydrogen (secondary N) is 1. The van der Waals surface area contributed by atoms with Gasteiger partial charge in [-0.2, -0.15) is 0 Å². The second-order valence-electron chi connectivity index (χ2n) is 4.80. The van der Waals surface area contributed by atoms with Crippen molar-refractivity contribution in [1.82, 2.24) is 5.32 Å². The Morgan fingerprint density at radius 3 is 2.50 bits per heavy atom. The van der Waals surface area contributed by atoms with Crippen LogP contribution in [0.25, 0.3) is 0 Å². The van der Waals surface area contributed by atoms with E-state index in [-0.39, 0.29) is 0 Å². The lowest BCUT2D eigenvalue weighted by atomic mass is 10.0. The molecule has 0 unspecified atom stereocenters. The Bertz CT molecular complexity index is 314. The van der Waals surface area contributed by atoms with Gasteiger partial charge >= 0.3 is 0 Å². The van der Waals surface area contributed by atoms with Crippen molar-refractivity contribution >= 4 is 11.8 Å². The summed E-state index contributed by atoms with van der Waals surface area (Å²) in [5.41, 5.74) is 1.43. The summed E-state index contributed by atoms with van der Waals surface area (Å²) in [6, 6.07) is 9.83. The maximum Gasteiger partial charge on any atom is 0.0106 e. The highest BCUT2D eigenvalue weighted by Gasteiger charge is 2.19. The highest BCUT2D eigenvalue weighted by atomic mass is 32.2. The molecule has 2 heteroatoms. The summed E-state index contributed by atoms with van der Waals surface area (Å²) in [6.45, 7) is 5.62. The number of hydrogen-bond acceptors (Lipinski definition) is 2. The van der Waals surface area contributed by atoms with Crippen molar-refractivity contribution in [2.45, 2.75) is 43.5 Å². The summed E-state index contributed by atoms with van der Waals surface area (Å²) in [6.07, 6.45) is 2.77. The largest absolute Gasteiger partial charge is 0.313 e. The van der Waals surface area contributed by atoms with E-state index in [9.17, 15) is 0 Å². The molecule has 0 heterocycles. The molecule has 0 amide bonds. The Balaban J connectivity index is 1.71. The molecular formula is C14H21NS. The van der Waals surface area contributed by atoms with Gasteiger partial charge < -0.3 is 5.32 Å². The average Bonchev–Trinajstić information content (AvgIpc) is 3.09. The van der Waals surface area contributed by atoms with Crippen LogP contribution in [-0.2, 0) is 0 Å². The van der Waals surface area contributed by atoms with E-state index in [0.29, 0.717) is 5.92 Å². The van der Waals surface area contributed by atoms with Crippen LogP contribution in [0.2, 0.25) is 0 Å². The third-order valence-corrected chi connectivity index (χ3v) is 3.94. The summed E-state index contributed by atoms with van der Waals surface area (Å²) in [4.78, 5) is 1.39. The van der Waals surface area contributed by atoms with E-state index in [1.807, 2.05) is 11.8 Å². The molecule has 1 aromatic rings. The van der Waals surface area contributed by atoms with Crippen LogP contribution in [0.4, 0.5) is 0 Å². The Morgan fingerprint density at radius 2 is 1.94 bits per heavy atom. The Hall–Kier alpha value is -0.470. The van der Waals surface area contributed by atoms with Crippen molar-refractivity contribution in [3.05, 3.63) is 29.8 Å². The minimum Gasteiger partial charge on any atom is -0.313 e. The van der Waals surface area contributed by atoms with E-state index in [1.165, 1.54) is 29.1 Å². The minimum absolute atomic E-state index is 0.635. The molecule has 1 aliphatic carbocycles. The van der Waals surface area contributed by atoms with Crippen molar-refractivity contribution in [3.8, 4) is 0 Å². The third-order valence-electron chi connectivity index (χ3n) is 2.93. The van der Waals surface area contributed by atoms with Crippen molar-refractivity contribution in [2.75, 3.05) is 12.3 Å². The van der Waals surface area contributed by atoms with Crippen LogP contribution in [-0.4, -0.2) is 18.3 Å². The van der Waals surface area contributed by atoms with Crippen LogP contribution >= 0.6 is 11.8 Å². The molecule has 0 atom stereocenters.